The SMILES string of the molecule is Cc1[nH]ncc1CNc1ccccc1-n1cncn1. The van der Waals surface area contributed by atoms with Crippen LogP contribution in [0.15, 0.2) is 43.1 Å². The van der Waals surface area contributed by atoms with Crippen molar-refractivity contribution in [2.45, 2.75) is 13.5 Å². The highest BCUT2D eigenvalue weighted by atomic mass is 15.3. The average molecular weight is 254 g/mol. The number of aromatic nitrogens is 5. The Morgan fingerprint density at radius 1 is 1.32 bits per heavy atom. The molecule has 0 aliphatic heterocycles. The summed E-state index contributed by atoms with van der Waals surface area (Å²) in [6.45, 7) is 2.72. The van der Waals surface area contributed by atoms with Crippen molar-refractivity contribution in [2.24, 2.45) is 0 Å². The number of nitrogens with zero attached hydrogens (tertiary/aromatic N) is 4. The molecule has 6 nitrogen and oxygen atoms in total. The molecule has 3 aromatic rings. The largest absolute Gasteiger partial charge is 0.379 e. The van der Waals surface area contributed by atoms with Gasteiger partial charge < -0.3 is 5.32 Å². The third-order valence-corrected chi connectivity index (χ3v) is 2.97. The van der Waals surface area contributed by atoms with Crippen LogP contribution in [-0.4, -0.2) is 25.0 Å². The Bertz CT molecular complexity index is 655. The Hall–Kier alpha value is -2.63. The van der Waals surface area contributed by atoms with Crippen molar-refractivity contribution in [2.75, 3.05) is 5.32 Å². The topological polar surface area (TPSA) is 71.4 Å². The van der Waals surface area contributed by atoms with Gasteiger partial charge in [-0.3, -0.25) is 5.10 Å². The van der Waals surface area contributed by atoms with Crippen molar-refractivity contribution in [3.8, 4) is 5.69 Å². The van der Waals surface area contributed by atoms with E-state index in [1.54, 1.807) is 11.0 Å². The minimum Gasteiger partial charge on any atom is -0.379 e. The van der Waals surface area contributed by atoms with Crippen molar-refractivity contribution < 1.29 is 0 Å². The first-order chi connectivity index (χ1) is 9.34. The number of nitrogens with one attached hydrogen (secondary N) is 2. The van der Waals surface area contributed by atoms with Gasteiger partial charge in [-0.2, -0.15) is 10.2 Å². The highest BCUT2D eigenvalue weighted by molar-refractivity contribution is 5.60. The quantitative estimate of drug-likeness (QED) is 0.746. The molecule has 0 fully saturated rings. The van der Waals surface area contributed by atoms with Crippen LogP contribution in [0.2, 0.25) is 0 Å². The molecule has 0 aliphatic rings. The van der Waals surface area contributed by atoms with Gasteiger partial charge in [0.05, 0.1) is 17.6 Å². The van der Waals surface area contributed by atoms with Gasteiger partial charge in [0.15, 0.2) is 0 Å². The first kappa shape index (κ1) is 11.5. The number of rotatable bonds is 4. The van der Waals surface area contributed by atoms with Crippen molar-refractivity contribution in [3.05, 3.63) is 54.4 Å². The van der Waals surface area contributed by atoms with E-state index in [0.29, 0.717) is 6.54 Å². The van der Waals surface area contributed by atoms with Gasteiger partial charge in [0, 0.05) is 17.8 Å². The summed E-state index contributed by atoms with van der Waals surface area (Å²) in [6, 6.07) is 7.99. The molecule has 0 amide bonds. The van der Waals surface area contributed by atoms with Crippen LogP contribution in [0.4, 0.5) is 5.69 Å². The van der Waals surface area contributed by atoms with Crippen LogP contribution in [0.25, 0.3) is 5.69 Å². The van der Waals surface area contributed by atoms with Crippen LogP contribution in [0.1, 0.15) is 11.3 Å². The fourth-order valence-electron chi connectivity index (χ4n) is 1.90. The molecule has 6 heteroatoms. The van der Waals surface area contributed by atoms with E-state index in [0.717, 1.165) is 22.6 Å². The van der Waals surface area contributed by atoms with Crippen LogP contribution in [0, 0.1) is 6.92 Å². The minimum absolute atomic E-state index is 0.716. The summed E-state index contributed by atoms with van der Waals surface area (Å²) in [5.74, 6) is 0. The lowest BCUT2D eigenvalue weighted by Crippen LogP contribution is -2.05. The van der Waals surface area contributed by atoms with Crippen molar-refractivity contribution in [3.63, 3.8) is 0 Å². The molecule has 0 unspecified atom stereocenters. The zero-order chi connectivity index (χ0) is 13.1. The van der Waals surface area contributed by atoms with E-state index >= 15 is 0 Å². The molecule has 0 atom stereocenters. The third-order valence-electron chi connectivity index (χ3n) is 2.97. The van der Waals surface area contributed by atoms with Crippen molar-refractivity contribution >= 4 is 5.69 Å². The first-order valence-electron chi connectivity index (χ1n) is 6.01. The summed E-state index contributed by atoms with van der Waals surface area (Å²) in [5, 5.41) is 14.5. The predicted molar refractivity (Wildman–Crippen MR) is 72.0 cm³/mol. The van der Waals surface area contributed by atoms with E-state index in [1.165, 1.54) is 6.33 Å². The van der Waals surface area contributed by atoms with E-state index < -0.39 is 0 Å². The standard InChI is InChI=1S/C13H14N6/c1-10-11(7-16-18-10)6-15-12-4-2-3-5-13(12)19-9-14-8-17-19/h2-5,7-9,15H,6H2,1H3,(H,16,18). The van der Waals surface area contributed by atoms with E-state index in [4.69, 9.17) is 0 Å². The van der Waals surface area contributed by atoms with Gasteiger partial charge in [-0.1, -0.05) is 12.1 Å². The van der Waals surface area contributed by atoms with Gasteiger partial charge in [-0.25, -0.2) is 9.67 Å². The Morgan fingerprint density at radius 2 is 2.21 bits per heavy atom. The van der Waals surface area contributed by atoms with E-state index in [9.17, 15) is 0 Å². The van der Waals surface area contributed by atoms with Crippen LogP contribution in [-0.2, 0) is 6.54 Å². The number of aromatic amines is 1. The molecule has 1 aromatic carbocycles. The number of anilines is 1. The average Bonchev–Trinajstić information content (AvgIpc) is 3.08. The Morgan fingerprint density at radius 3 is 2.95 bits per heavy atom. The molecule has 0 bridgehead atoms. The zero-order valence-corrected chi connectivity index (χ0v) is 10.5. The van der Waals surface area contributed by atoms with E-state index in [1.807, 2.05) is 37.4 Å². The Kier molecular flexibility index (Phi) is 2.97. The minimum atomic E-state index is 0.716. The Balaban J connectivity index is 1.84. The molecule has 0 spiro atoms. The number of aryl methyl sites for hydroxylation is 1. The van der Waals surface area contributed by atoms with Crippen molar-refractivity contribution in [1.82, 2.24) is 25.0 Å². The fraction of sp³-hybridized carbons (Fsp3) is 0.154. The molecule has 2 N–H and O–H groups in total. The molecule has 96 valence electrons. The number of hydrogen-bond donors (Lipinski definition) is 2. The second-order valence-electron chi connectivity index (χ2n) is 4.23. The molecule has 3 rings (SSSR count). The number of H-pyrrole nitrogens is 1. The highest BCUT2D eigenvalue weighted by Gasteiger charge is 2.05. The summed E-state index contributed by atoms with van der Waals surface area (Å²) >= 11 is 0. The molecule has 0 radical (unpaired) electrons. The van der Waals surface area contributed by atoms with Gasteiger partial charge in [0.25, 0.3) is 0 Å². The lowest BCUT2D eigenvalue weighted by Gasteiger charge is -2.11. The molecular weight excluding hydrogens is 240 g/mol. The predicted octanol–water partition coefficient (Wildman–Crippen LogP) is 1.91. The Labute approximate surface area is 110 Å². The maximum atomic E-state index is 4.16. The summed E-state index contributed by atoms with van der Waals surface area (Å²) < 4.78 is 1.74. The summed E-state index contributed by atoms with van der Waals surface area (Å²) in [6.07, 6.45) is 5.04. The van der Waals surface area contributed by atoms with Crippen LogP contribution < -0.4 is 5.32 Å². The van der Waals surface area contributed by atoms with Gasteiger partial charge in [0.2, 0.25) is 0 Å². The maximum absolute atomic E-state index is 4.16. The molecule has 2 aromatic heterocycles. The molecule has 2 heterocycles. The van der Waals surface area contributed by atoms with Crippen LogP contribution in [0.5, 0.6) is 0 Å². The summed E-state index contributed by atoms with van der Waals surface area (Å²) in [4.78, 5) is 3.97. The second-order valence-corrected chi connectivity index (χ2v) is 4.23. The zero-order valence-electron chi connectivity index (χ0n) is 10.5. The molecule has 0 aliphatic carbocycles. The van der Waals surface area contributed by atoms with Gasteiger partial charge in [-0.15, -0.1) is 0 Å². The van der Waals surface area contributed by atoms with Gasteiger partial charge >= 0.3 is 0 Å². The molecule has 19 heavy (non-hydrogen) atoms. The van der Waals surface area contributed by atoms with Crippen LogP contribution in [0.3, 0.4) is 0 Å². The van der Waals surface area contributed by atoms with E-state index in [2.05, 4.69) is 25.6 Å². The fourth-order valence-corrected chi connectivity index (χ4v) is 1.90. The first-order valence-corrected chi connectivity index (χ1v) is 6.01. The number of benzene rings is 1. The maximum Gasteiger partial charge on any atom is 0.138 e. The monoisotopic (exact) mass is 254 g/mol. The summed E-state index contributed by atoms with van der Waals surface area (Å²) in [5.41, 5.74) is 4.20. The third kappa shape index (κ3) is 2.33. The van der Waals surface area contributed by atoms with Crippen LogP contribution >= 0.6 is 0 Å². The normalized spacial score (nSPS) is 10.6. The van der Waals surface area contributed by atoms with E-state index in [-0.39, 0.29) is 0 Å². The number of hydrogen-bond acceptors (Lipinski definition) is 4. The lowest BCUT2D eigenvalue weighted by atomic mass is 10.2. The highest BCUT2D eigenvalue weighted by Crippen LogP contribution is 2.19. The molecule has 0 saturated carbocycles. The second kappa shape index (κ2) is 4.93. The smallest absolute Gasteiger partial charge is 0.138 e. The number of para-hydroxylation sites is 2. The lowest BCUT2D eigenvalue weighted by molar-refractivity contribution is 0.877. The van der Waals surface area contributed by atoms with Crippen molar-refractivity contribution in [1.29, 1.82) is 0 Å². The van der Waals surface area contributed by atoms with Gasteiger partial charge in [0.1, 0.15) is 12.7 Å². The molecule has 0 saturated heterocycles. The summed E-state index contributed by atoms with van der Waals surface area (Å²) in [7, 11) is 0. The van der Waals surface area contributed by atoms with Gasteiger partial charge in [-0.05, 0) is 19.1 Å². The molecular formula is C13H14N6.